The first-order chi connectivity index (χ1) is 10.6. The maximum absolute atomic E-state index is 13.9. The summed E-state index contributed by atoms with van der Waals surface area (Å²) >= 11 is 0. The van der Waals surface area contributed by atoms with E-state index >= 15 is 0 Å². The maximum Gasteiger partial charge on any atom is 0.236 e. The highest BCUT2D eigenvalue weighted by atomic mass is 19.1. The molecule has 0 unspecified atom stereocenters. The van der Waals surface area contributed by atoms with Crippen molar-refractivity contribution in [2.75, 3.05) is 6.61 Å². The van der Waals surface area contributed by atoms with Crippen LogP contribution in [0.3, 0.4) is 0 Å². The van der Waals surface area contributed by atoms with E-state index in [1.807, 2.05) is 0 Å². The number of rotatable bonds is 4. The van der Waals surface area contributed by atoms with Gasteiger partial charge in [-0.15, -0.1) is 0 Å². The van der Waals surface area contributed by atoms with E-state index in [-0.39, 0.29) is 16.7 Å². The van der Waals surface area contributed by atoms with E-state index in [1.165, 1.54) is 25.5 Å². The molecule has 4 saturated carbocycles. The molecule has 0 saturated heterocycles. The Morgan fingerprint density at radius 2 is 1.64 bits per heavy atom. The molecule has 1 aromatic rings. The third kappa shape index (κ3) is 2.33. The zero-order valence-electron chi connectivity index (χ0n) is 12.4. The molecule has 5 rings (SSSR count). The van der Waals surface area contributed by atoms with E-state index in [1.54, 1.807) is 0 Å². The van der Waals surface area contributed by atoms with Gasteiger partial charge in [-0.3, -0.25) is 4.79 Å². The van der Waals surface area contributed by atoms with Crippen molar-refractivity contribution >= 4 is 6.29 Å². The highest BCUT2D eigenvalue weighted by Gasteiger charge is 2.51. The van der Waals surface area contributed by atoms with Crippen LogP contribution in [0.4, 0.5) is 8.78 Å². The predicted molar refractivity (Wildman–Crippen MR) is 77.3 cm³/mol. The molecule has 117 valence electrons. The number of carbonyl (C=O) groups excluding carboxylic acids is 1. The minimum Gasteiger partial charge on any atom is -0.490 e. The molecular formula is C18H19F2O2. The summed E-state index contributed by atoms with van der Waals surface area (Å²) in [5, 5.41) is 0. The van der Waals surface area contributed by atoms with Crippen LogP contribution in [0.25, 0.3) is 0 Å². The van der Waals surface area contributed by atoms with Crippen LogP contribution in [0.2, 0.25) is 0 Å². The van der Waals surface area contributed by atoms with Crippen LogP contribution in [-0.2, 0) is 4.79 Å². The Labute approximate surface area is 128 Å². The van der Waals surface area contributed by atoms with Crippen LogP contribution in [0.1, 0.15) is 44.1 Å². The molecule has 4 bridgehead atoms. The quantitative estimate of drug-likeness (QED) is 0.840. The molecule has 0 atom stereocenters. The maximum atomic E-state index is 13.9. The molecule has 0 N–H and O–H groups in total. The summed E-state index contributed by atoms with van der Waals surface area (Å²) in [6, 6.07) is 1.83. The van der Waals surface area contributed by atoms with Crippen LogP contribution < -0.4 is 4.74 Å². The molecule has 0 spiro atoms. The van der Waals surface area contributed by atoms with Crippen LogP contribution >= 0.6 is 0 Å². The second-order valence-electron chi connectivity index (χ2n) is 7.57. The smallest absolute Gasteiger partial charge is 0.236 e. The van der Waals surface area contributed by atoms with Crippen molar-refractivity contribution in [2.45, 2.75) is 38.5 Å². The van der Waals surface area contributed by atoms with E-state index in [9.17, 15) is 13.6 Å². The van der Waals surface area contributed by atoms with Crippen molar-refractivity contribution in [3.8, 4) is 5.75 Å². The molecule has 0 amide bonds. The van der Waals surface area contributed by atoms with Gasteiger partial charge in [0.05, 0.1) is 12.2 Å². The molecule has 4 fully saturated rings. The Bertz CT molecular complexity index is 576. The van der Waals surface area contributed by atoms with Crippen LogP contribution in [0.5, 0.6) is 5.75 Å². The first-order valence-corrected chi connectivity index (χ1v) is 8.07. The van der Waals surface area contributed by atoms with Crippen molar-refractivity contribution in [3.63, 3.8) is 0 Å². The SMILES string of the molecule is O=[C]c1cc(F)c(OCC23CC4CC(CC(C4)C2)C3)cc1F. The first-order valence-electron chi connectivity index (χ1n) is 8.07. The van der Waals surface area contributed by atoms with Gasteiger partial charge in [-0.25, -0.2) is 8.78 Å². The second-order valence-corrected chi connectivity index (χ2v) is 7.57. The first kappa shape index (κ1) is 14.2. The van der Waals surface area contributed by atoms with Crippen LogP contribution in [0.15, 0.2) is 12.1 Å². The van der Waals surface area contributed by atoms with Crippen molar-refractivity contribution in [1.82, 2.24) is 0 Å². The molecule has 0 aliphatic heterocycles. The molecule has 2 nitrogen and oxygen atoms in total. The van der Waals surface area contributed by atoms with Gasteiger partial charge in [-0.1, -0.05) is 0 Å². The lowest BCUT2D eigenvalue weighted by Crippen LogP contribution is -2.48. The second kappa shape index (κ2) is 5.04. The van der Waals surface area contributed by atoms with E-state index < -0.39 is 11.6 Å². The molecule has 1 radical (unpaired) electrons. The Morgan fingerprint density at radius 3 is 2.18 bits per heavy atom. The Kier molecular flexibility index (Phi) is 3.24. The lowest BCUT2D eigenvalue weighted by Gasteiger charge is -2.56. The fourth-order valence-corrected chi connectivity index (χ4v) is 5.42. The van der Waals surface area contributed by atoms with E-state index in [2.05, 4.69) is 0 Å². The van der Waals surface area contributed by atoms with Gasteiger partial charge in [0.1, 0.15) is 5.82 Å². The van der Waals surface area contributed by atoms with E-state index in [4.69, 9.17) is 4.74 Å². The average Bonchev–Trinajstić information content (AvgIpc) is 2.46. The van der Waals surface area contributed by atoms with E-state index in [0.29, 0.717) is 6.61 Å². The van der Waals surface area contributed by atoms with Gasteiger partial charge >= 0.3 is 0 Å². The normalized spacial score (nSPS) is 35.6. The van der Waals surface area contributed by atoms with Gasteiger partial charge in [0.25, 0.3) is 0 Å². The Morgan fingerprint density at radius 1 is 1.05 bits per heavy atom. The standard InChI is InChI=1S/C18H19F2O2/c19-15-5-17(16(20)4-14(15)9-21)22-10-18-6-11-1-12(7-18)3-13(2-11)8-18/h4-5,11-13H,1-3,6-8,10H2. The summed E-state index contributed by atoms with van der Waals surface area (Å²) in [5.41, 5.74) is -0.243. The Hall–Kier alpha value is -1.45. The van der Waals surface area contributed by atoms with Crippen LogP contribution in [0, 0.1) is 34.8 Å². The van der Waals surface area contributed by atoms with Gasteiger partial charge in [0, 0.05) is 11.5 Å². The summed E-state index contributed by atoms with van der Waals surface area (Å²) < 4.78 is 33.2. The topological polar surface area (TPSA) is 26.3 Å². The largest absolute Gasteiger partial charge is 0.490 e. The van der Waals surface area contributed by atoms with Crippen LogP contribution in [-0.4, -0.2) is 12.9 Å². The lowest BCUT2D eigenvalue weighted by atomic mass is 9.50. The molecule has 4 aliphatic carbocycles. The molecule has 0 aromatic heterocycles. The number of ether oxygens (including phenoxy) is 1. The fourth-order valence-electron chi connectivity index (χ4n) is 5.42. The summed E-state index contributed by atoms with van der Waals surface area (Å²) in [7, 11) is 0. The number of benzene rings is 1. The van der Waals surface area contributed by atoms with Crippen molar-refractivity contribution in [3.05, 3.63) is 29.3 Å². The van der Waals surface area contributed by atoms with Gasteiger partial charge in [-0.05, 0) is 62.3 Å². The third-order valence-electron chi connectivity index (χ3n) is 5.83. The fraction of sp³-hybridized carbons (Fsp3) is 0.611. The summed E-state index contributed by atoms with van der Waals surface area (Å²) in [6.45, 7) is 0.455. The van der Waals surface area contributed by atoms with E-state index in [0.717, 1.165) is 49.1 Å². The summed E-state index contributed by atoms with van der Waals surface area (Å²) in [4.78, 5) is 10.5. The predicted octanol–water partition coefficient (Wildman–Crippen LogP) is 4.02. The lowest BCUT2D eigenvalue weighted by molar-refractivity contribution is -0.0750. The molecular weight excluding hydrogens is 286 g/mol. The molecule has 4 heteroatoms. The van der Waals surface area contributed by atoms with Gasteiger partial charge in [0.2, 0.25) is 6.29 Å². The minimum absolute atomic E-state index is 0.0905. The van der Waals surface area contributed by atoms with Gasteiger partial charge < -0.3 is 4.74 Å². The Balaban J connectivity index is 1.51. The number of halogens is 2. The monoisotopic (exact) mass is 305 g/mol. The van der Waals surface area contributed by atoms with Gasteiger partial charge in [-0.2, -0.15) is 0 Å². The number of hydrogen-bond acceptors (Lipinski definition) is 2. The highest BCUT2D eigenvalue weighted by Crippen LogP contribution is 2.60. The van der Waals surface area contributed by atoms with Crippen molar-refractivity contribution < 1.29 is 18.3 Å². The molecule has 0 heterocycles. The summed E-state index contributed by atoms with van der Waals surface area (Å²) in [5.74, 6) is 0.823. The zero-order valence-corrected chi connectivity index (χ0v) is 12.4. The number of hydrogen-bond donors (Lipinski definition) is 0. The molecule has 4 aliphatic rings. The molecule has 1 aromatic carbocycles. The highest BCUT2D eigenvalue weighted by molar-refractivity contribution is 5.76. The third-order valence-corrected chi connectivity index (χ3v) is 5.83. The average molecular weight is 305 g/mol. The summed E-state index contributed by atoms with van der Waals surface area (Å²) in [6.07, 6.45) is 8.88. The zero-order chi connectivity index (χ0) is 15.3. The van der Waals surface area contributed by atoms with Crippen molar-refractivity contribution in [2.24, 2.45) is 23.2 Å². The minimum atomic E-state index is -0.781. The molecule has 22 heavy (non-hydrogen) atoms. The van der Waals surface area contributed by atoms with Crippen molar-refractivity contribution in [1.29, 1.82) is 0 Å². The van der Waals surface area contributed by atoms with Gasteiger partial charge in [0.15, 0.2) is 11.6 Å².